The van der Waals surface area contributed by atoms with Gasteiger partial charge >= 0.3 is 0 Å². The molecule has 2 aliphatic carbocycles. The molecule has 0 bridgehead atoms. The summed E-state index contributed by atoms with van der Waals surface area (Å²) in [6, 6.07) is 0.611. The van der Waals surface area contributed by atoms with E-state index in [2.05, 4.69) is 28.5 Å². The second-order valence-electron chi connectivity index (χ2n) is 5.59. The number of rotatable bonds is 4. The van der Waals surface area contributed by atoms with Crippen molar-refractivity contribution in [1.82, 2.24) is 9.36 Å². The minimum atomic E-state index is 0.611. The van der Waals surface area contributed by atoms with Gasteiger partial charge in [-0.2, -0.15) is 4.37 Å². The van der Waals surface area contributed by atoms with Crippen LogP contribution in [0.3, 0.4) is 0 Å². The highest BCUT2D eigenvalue weighted by atomic mass is 32.1. The second kappa shape index (κ2) is 4.56. The summed E-state index contributed by atoms with van der Waals surface area (Å²) in [7, 11) is 0. The van der Waals surface area contributed by atoms with Gasteiger partial charge in [0.05, 0.1) is 0 Å². The second-order valence-corrected chi connectivity index (χ2v) is 6.34. The first-order chi connectivity index (χ1) is 8.28. The van der Waals surface area contributed by atoms with E-state index in [0.717, 1.165) is 22.8 Å². The molecule has 0 spiro atoms. The van der Waals surface area contributed by atoms with E-state index in [1.54, 1.807) is 11.5 Å². The molecule has 3 unspecified atom stereocenters. The van der Waals surface area contributed by atoms with Crippen LogP contribution in [0.25, 0.3) is 0 Å². The number of nitrogens with one attached hydrogen (secondary N) is 1. The lowest BCUT2D eigenvalue weighted by Crippen LogP contribution is -2.24. The maximum atomic E-state index is 4.62. The quantitative estimate of drug-likeness (QED) is 0.887. The van der Waals surface area contributed by atoms with Crippen LogP contribution < -0.4 is 5.32 Å². The molecule has 1 aromatic rings. The minimum absolute atomic E-state index is 0.611. The molecule has 0 aliphatic heterocycles. The first-order valence-electron chi connectivity index (χ1n) is 6.88. The monoisotopic (exact) mass is 251 g/mol. The lowest BCUT2D eigenvalue weighted by molar-refractivity contribution is 0.392. The normalized spacial score (nSPS) is 32.9. The van der Waals surface area contributed by atoms with Crippen molar-refractivity contribution >= 4 is 16.7 Å². The Hall–Kier alpha value is -0.640. The summed E-state index contributed by atoms with van der Waals surface area (Å²) in [5.74, 6) is 3.41. The Balaban J connectivity index is 1.62. The average molecular weight is 251 g/mol. The molecule has 4 heteroatoms. The number of aromatic nitrogens is 2. The van der Waals surface area contributed by atoms with Gasteiger partial charge in [-0.3, -0.25) is 0 Å². The summed E-state index contributed by atoms with van der Waals surface area (Å²) >= 11 is 1.54. The number of anilines is 1. The van der Waals surface area contributed by atoms with Gasteiger partial charge in [0, 0.05) is 23.5 Å². The predicted molar refractivity (Wildman–Crippen MR) is 71.5 cm³/mol. The predicted octanol–water partition coefficient (Wildman–Crippen LogP) is 3.65. The van der Waals surface area contributed by atoms with Crippen LogP contribution in [0.1, 0.15) is 57.7 Å². The van der Waals surface area contributed by atoms with Crippen molar-refractivity contribution in [3.8, 4) is 0 Å². The molecular weight excluding hydrogens is 230 g/mol. The van der Waals surface area contributed by atoms with E-state index in [4.69, 9.17) is 0 Å². The Morgan fingerprint density at radius 3 is 2.76 bits per heavy atom. The Labute approximate surface area is 107 Å². The van der Waals surface area contributed by atoms with Gasteiger partial charge in [0.25, 0.3) is 0 Å². The lowest BCUT2D eigenvalue weighted by Gasteiger charge is -2.20. The van der Waals surface area contributed by atoms with Crippen LogP contribution in [-0.2, 0) is 0 Å². The molecule has 3 nitrogen and oxygen atoms in total. The van der Waals surface area contributed by atoms with Gasteiger partial charge in [-0.05, 0) is 37.5 Å². The molecule has 2 fully saturated rings. The van der Waals surface area contributed by atoms with E-state index in [9.17, 15) is 0 Å². The molecule has 1 aromatic heterocycles. The molecule has 2 aliphatic rings. The van der Waals surface area contributed by atoms with E-state index < -0.39 is 0 Å². The molecular formula is C13H21N3S. The average Bonchev–Trinajstić information content (AvgIpc) is 2.99. The third-order valence-corrected chi connectivity index (χ3v) is 5.10. The summed E-state index contributed by atoms with van der Waals surface area (Å²) in [5, 5.41) is 4.65. The standard InChI is InChI=1S/C13H21N3S/c1-3-9-6-7-11(8(9)2)14-13-15-12(16-17-13)10-4-5-10/h8-11H,3-7H2,1-2H3,(H,14,15,16). The summed E-state index contributed by atoms with van der Waals surface area (Å²) in [6.07, 6.45) is 6.53. The molecule has 3 rings (SSSR count). The topological polar surface area (TPSA) is 37.8 Å². The molecule has 1 N–H and O–H groups in total. The van der Waals surface area contributed by atoms with Crippen LogP contribution in [0.5, 0.6) is 0 Å². The Kier molecular flexibility index (Phi) is 3.07. The molecule has 1 heterocycles. The molecule has 2 saturated carbocycles. The van der Waals surface area contributed by atoms with Crippen LogP contribution in [0.2, 0.25) is 0 Å². The summed E-state index contributed by atoms with van der Waals surface area (Å²) < 4.78 is 4.45. The van der Waals surface area contributed by atoms with Crippen LogP contribution in [0, 0.1) is 11.8 Å². The zero-order valence-corrected chi connectivity index (χ0v) is 11.5. The highest BCUT2D eigenvalue weighted by Crippen LogP contribution is 2.40. The van der Waals surface area contributed by atoms with E-state index in [-0.39, 0.29) is 0 Å². The van der Waals surface area contributed by atoms with Crippen molar-refractivity contribution in [2.24, 2.45) is 11.8 Å². The van der Waals surface area contributed by atoms with Crippen molar-refractivity contribution in [3.05, 3.63) is 5.82 Å². The smallest absolute Gasteiger partial charge is 0.202 e. The molecule has 0 radical (unpaired) electrons. The first-order valence-corrected chi connectivity index (χ1v) is 7.65. The van der Waals surface area contributed by atoms with Crippen LogP contribution in [0.4, 0.5) is 5.13 Å². The maximum Gasteiger partial charge on any atom is 0.202 e. The Morgan fingerprint density at radius 2 is 2.12 bits per heavy atom. The zero-order valence-electron chi connectivity index (χ0n) is 10.6. The number of hydrogen-bond acceptors (Lipinski definition) is 4. The van der Waals surface area contributed by atoms with Gasteiger partial charge in [0.15, 0.2) is 0 Å². The summed E-state index contributed by atoms with van der Waals surface area (Å²) in [6.45, 7) is 4.68. The van der Waals surface area contributed by atoms with E-state index in [1.807, 2.05) is 0 Å². The van der Waals surface area contributed by atoms with E-state index >= 15 is 0 Å². The fourth-order valence-corrected chi connectivity index (χ4v) is 3.70. The van der Waals surface area contributed by atoms with Gasteiger partial charge in [0.1, 0.15) is 5.82 Å². The summed E-state index contributed by atoms with van der Waals surface area (Å²) in [4.78, 5) is 4.62. The molecule has 3 atom stereocenters. The van der Waals surface area contributed by atoms with Gasteiger partial charge < -0.3 is 5.32 Å². The highest BCUT2D eigenvalue weighted by Gasteiger charge is 2.33. The van der Waals surface area contributed by atoms with E-state index in [1.165, 1.54) is 32.1 Å². The van der Waals surface area contributed by atoms with Crippen molar-refractivity contribution in [2.45, 2.75) is 57.9 Å². The number of nitrogens with zero attached hydrogens (tertiary/aromatic N) is 2. The third-order valence-electron chi connectivity index (χ3n) is 4.44. The van der Waals surface area contributed by atoms with Gasteiger partial charge in [-0.25, -0.2) is 4.98 Å². The zero-order chi connectivity index (χ0) is 11.8. The van der Waals surface area contributed by atoms with Crippen molar-refractivity contribution in [2.75, 3.05) is 5.32 Å². The summed E-state index contributed by atoms with van der Waals surface area (Å²) in [5.41, 5.74) is 0. The first kappa shape index (κ1) is 11.5. The fourth-order valence-electron chi connectivity index (χ4n) is 2.99. The van der Waals surface area contributed by atoms with Crippen LogP contribution in [-0.4, -0.2) is 15.4 Å². The molecule has 0 amide bonds. The van der Waals surface area contributed by atoms with E-state index in [0.29, 0.717) is 12.0 Å². The minimum Gasteiger partial charge on any atom is -0.357 e. The Morgan fingerprint density at radius 1 is 1.29 bits per heavy atom. The van der Waals surface area contributed by atoms with Crippen LogP contribution in [0.15, 0.2) is 0 Å². The SMILES string of the molecule is CCC1CCC(Nc2nc(C3CC3)ns2)C1C. The highest BCUT2D eigenvalue weighted by molar-refractivity contribution is 7.09. The van der Waals surface area contributed by atoms with Gasteiger partial charge in [0.2, 0.25) is 5.13 Å². The van der Waals surface area contributed by atoms with Gasteiger partial charge in [-0.15, -0.1) is 0 Å². The third kappa shape index (κ3) is 2.32. The molecule has 0 aromatic carbocycles. The fraction of sp³-hybridized carbons (Fsp3) is 0.846. The van der Waals surface area contributed by atoms with Crippen LogP contribution >= 0.6 is 11.5 Å². The molecule has 94 valence electrons. The largest absolute Gasteiger partial charge is 0.357 e. The molecule has 0 saturated heterocycles. The van der Waals surface area contributed by atoms with Crippen molar-refractivity contribution in [3.63, 3.8) is 0 Å². The lowest BCUT2D eigenvalue weighted by atomic mass is 9.94. The Bertz CT molecular complexity index is 386. The number of hydrogen-bond donors (Lipinski definition) is 1. The molecule has 17 heavy (non-hydrogen) atoms. The van der Waals surface area contributed by atoms with Gasteiger partial charge in [-0.1, -0.05) is 20.3 Å². The van der Waals surface area contributed by atoms with Crippen molar-refractivity contribution < 1.29 is 0 Å². The maximum absolute atomic E-state index is 4.62. The van der Waals surface area contributed by atoms with Crippen molar-refractivity contribution in [1.29, 1.82) is 0 Å².